The van der Waals surface area contributed by atoms with E-state index in [1.54, 1.807) is 0 Å². The van der Waals surface area contributed by atoms with Gasteiger partial charge in [0.25, 0.3) is 0 Å². The summed E-state index contributed by atoms with van der Waals surface area (Å²) in [5, 5.41) is 2.13. The first-order chi connectivity index (χ1) is 2.91. The largest absolute Gasteiger partial charge is 0.353 e. The third kappa shape index (κ3) is 3.88. The zero-order chi connectivity index (χ0) is 4.83. The van der Waals surface area contributed by atoms with Gasteiger partial charge in [-0.2, -0.15) is 0 Å². The van der Waals surface area contributed by atoms with E-state index in [1.165, 1.54) is 0 Å². The van der Waals surface area contributed by atoms with E-state index in [0.717, 1.165) is 19.8 Å². The predicted molar refractivity (Wildman–Crippen MR) is 22.3 cm³/mol. The lowest BCUT2D eigenvalue weighted by molar-refractivity contribution is -0.772. The molecule has 0 spiro atoms. The van der Waals surface area contributed by atoms with Gasteiger partial charge in [0, 0.05) is 0 Å². The number of rotatable bonds is 3. The summed E-state index contributed by atoms with van der Waals surface area (Å²) in [5.74, 6) is 0. The minimum atomic E-state index is 0.940. The molecule has 38 valence electrons. The molecule has 0 radical (unpaired) electrons. The normalized spacial score (nSPS) is 9.00. The van der Waals surface area contributed by atoms with Crippen LogP contribution in [0.4, 0.5) is 0 Å². The highest BCUT2D eigenvalue weighted by Gasteiger charge is 1.80. The van der Waals surface area contributed by atoms with Crippen molar-refractivity contribution in [2.75, 3.05) is 19.8 Å². The third-order valence-electron chi connectivity index (χ3n) is 0.612. The Kier molecular flexibility index (Phi) is 4.78. The van der Waals surface area contributed by atoms with Gasteiger partial charge in [0.05, 0.1) is 0 Å². The highest BCUT2D eigenvalue weighted by atomic mass is 15.0. The Hall–Kier alpha value is -0.120. The number of nitrogens with two attached hydrogens (primary N) is 1. The molecule has 0 aliphatic rings. The molecule has 0 amide bonds. The zero-order valence-electron chi connectivity index (χ0n) is 4.11. The SMILES string of the molecule is [NH3+]CC[NH2+]C[NH3+]. The molecule has 3 nitrogen and oxygen atoms in total. The van der Waals surface area contributed by atoms with Crippen LogP contribution in [0.5, 0.6) is 0 Å². The highest BCUT2D eigenvalue weighted by Crippen LogP contribution is 1.19. The second-order valence-electron chi connectivity index (χ2n) is 1.22. The van der Waals surface area contributed by atoms with Gasteiger partial charge in [-0.25, -0.2) is 0 Å². The van der Waals surface area contributed by atoms with E-state index in [9.17, 15) is 0 Å². The van der Waals surface area contributed by atoms with Gasteiger partial charge < -0.3 is 11.5 Å². The van der Waals surface area contributed by atoms with Gasteiger partial charge in [0.15, 0.2) is 6.67 Å². The van der Waals surface area contributed by atoms with Crippen molar-refractivity contribution in [2.24, 2.45) is 0 Å². The molecule has 0 aromatic rings. The molecule has 0 unspecified atom stereocenters. The molecule has 0 saturated heterocycles. The van der Waals surface area contributed by atoms with Crippen LogP contribution in [-0.2, 0) is 0 Å². The molecule has 0 aliphatic heterocycles. The molecule has 8 N–H and O–H groups in total. The van der Waals surface area contributed by atoms with Gasteiger partial charge >= 0.3 is 0 Å². The van der Waals surface area contributed by atoms with Crippen molar-refractivity contribution in [1.29, 1.82) is 0 Å². The molecular formula is C3H14N3+3. The van der Waals surface area contributed by atoms with Gasteiger partial charge in [-0.15, -0.1) is 0 Å². The van der Waals surface area contributed by atoms with Gasteiger partial charge in [-0.1, -0.05) is 0 Å². The highest BCUT2D eigenvalue weighted by molar-refractivity contribution is 4.04. The zero-order valence-corrected chi connectivity index (χ0v) is 4.11. The molecule has 0 aromatic heterocycles. The molecule has 0 rings (SSSR count). The molecule has 6 heavy (non-hydrogen) atoms. The van der Waals surface area contributed by atoms with Crippen LogP contribution in [0.15, 0.2) is 0 Å². The number of hydrogen-bond donors (Lipinski definition) is 3. The van der Waals surface area contributed by atoms with E-state index >= 15 is 0 Å². The second-order valence-corrected chi connectivity index (χ2v) is 1.22. The van der Waals surface area contributed by atoms with Gasteiger partial charge in [0.1, 0.15) is 13.1 Å². The van der Waals surface area contributed by atoms with Crippen LogP contribution in [0.1, 0.15) is 0 Å². The van der Waals surface area contributed by atoms with Gasteiger partial charge in [-0.05, 0) is 0 Å². The van der Waals surface area contributed by atoms with Gasteiger partial charge in [0.2, 0.25) is 0 Å². The van der Waals surface area contributed by atoms with Crippen LogP contribution < -0.4 is 16.8 Å². The average Bonchev–Trinajstić information content (AvgIpc) is 1.61. The minimum Gasteiger partial charge on any atom is -0.353 e. The lowest BCUT2D eigenvalue weighted by atomic mass is 10.7. The van der Waals surface area contributed by atoms with Crippen LogP contribution in [0.2, 0.25) is 0 Å². The molecular weight excluding hydrogens is 78.1 g/mol. The van der Waals surface area contributed by atoms with Gasteiger partial charge in [-0.3, -0.25) is 5.32 Å². The van der Waals surface area contributed by atoms with E-state index in [1.807, 2.05) is 0 Å². The standard InChI is InChI=1S/C3H11N3/c4-1-2-6-3-5/h6H,1-5H2/p+3. The van der Waals surface area contributed by atoms with Crippen molar-refractivity contribution in [3.05, 3.63) is 0 Å². The third-order valence-corrected chi connectivity index (χ3v) is 0.612. The Balaban J connectivity index is 2.34. The van der Waals surface area contributed by atoms with Crippen molar-refractivity contribution < 1.29 is 16.8 Å². The summed E-state index contributed by atoms with van der Waals surface area (Å²) in [6.07, 6.45) is 0. The van der Waals surface area contributed by atoms with E-state index in [0.29, 0.717) is 0 Å². The second kappa shape index (κ2) is 4.88. The maximum atomic E-state index is 3.66. The molecule has 0 atom stereocenters. The first-order valence-corrected chi connectivity index (χ1v) is 2.32. The molecule has 0 aromatic carbocycles. The van der Waals surface area contributed by atoms with E-state index in [4.69, 9.17) is 0 Å². The van der Waals surface area contributed by atoms with E-state index in [-0.39, 0.29) is 0 Å². The monoisotopic (exact) mass is 92.1 g/mol. The van der Waals surface area contributed by atoms with Crippen molar-refractivity contribution in [3.8, 4) is 0 Å². The van der Waals surface area contributed by atoms with Crippen LogP contribution in [0, 0.1) is 0 Å². The number of quaternary nitrogens is 3. The Morgan fingerprint density at radius 2 is 2.00 bits per heavy atom. The molecule has 0 heterocycles. The molecule has 3 heteroatoms. The Morgan fingerprint density at radius 3 is 2.17 bits per heavy atom. The Morgan fingerprint density at radius 1 is 1.33 bits per heavy atom. The molecule has 0 bridgehead atoms. The van der Waals surface area contributed by atoms with Crippen LogP contribution in [0.3, 0.4) is 0 Å². The molecule has 0 saturated carbocycles. The van der Waals surface area contributed by atoms with Crippen molar-refractivity contribution in [3.63, 3.8) is 0 Å². The fraction of sp³-hybridized carbons (Fsp3) is 1.00. The quantitative estimate of drug-likeness (QED) is 0.234. The summed E-state index contributed by atoms with van der Waals surface area (Å²) in [6.45, 7) is 3.06. The van der Waals surface area contributed by atoms with Crippen LogP contribution in [-0.4, -0.2) is 19.8 Å². The minimum absolute atomic E-state index is 0.940. The Labute approximate surface area is 37.7 Å². The smallest absolute Gasteiger partial charge is 0.199 e. The summed E-state index contributed by atoms with van der Waals surface area (Å²) < 4.78 is 0. The topological polar surface area (TPSA) is 71.9 Å². The molecule has 0 fully saturated rings. The number of hydrogen-bond acceptors (Lipinski definition) is 0. The summed E-state index contributed by atoms with van der Waals surface area (Å²) in [4.78, 5) is 0. The van der Waals surface area contributed by atoms with Crippen molar-refractivity contribution in [1.82, 2.24) is 0 Å². The van der Waals surface area contributed by atoms with Crippen molar-refractivity contribution >= 4 is 0 Å². The maximum absolute atomic E-state index is 3.66. The molecule has 0 aliphatic carbocycles. The predicted octanol–water partition coefficient (Wildman–Crippen LogP) is -4.01. The van der Waals surface area contributed by atoms with Crippen molar-refractivity contribution in [2.45, 2.75) is 0 Å². The van der Waals surface area contributed by atoms with Crippen LogP contribution >= 0.6 is 0 Å². The summed E-state index contributed by atoms with van der Waals surface area (Å²) in [6, 6.07) is 0. The Bertz CT molecular complexity index is 18.0. The lowest BCUT2D eigenvalue weighted by Crippen LogP contribution is -2.97. The van der Waals surface area contributed by atoms with E-state index < -0.39 is 0 Å². The lowest BCUT2D eigenvalue weighted by Gasteiger charge is -1.84. The summed E-state index contributed by atoms with van der Waals surface area (Å²) in [7, 11) is 0. The van der Waals surface area contributed by atoms with Crippen LogP contribution in [0.25, 0.3) is 0 Å². The summed E-state index contributed by atoms with van der Waals surface area (Å²) in [5.41, 5.74) is 7.30. The first-order valence-electron chi connectivity index (χ1n) is 2.32. The summed E-state index contributed by atoms with van der Waals surface area (Å²) >= 11 is 0. The maximum Gasteiger partial charge on any atom is 0.199 e. The fourth-order valence-electron chi connectivity index (χ4n) is 0.289. The fourth-order valence-corrected chi connectivity index (χ4v) is 0.289. The average molecular weight is 92.2 g/mol. The van der Waals surface area contributed by atoms with E-state index in [2.05, 4.69) is 16.8 Å². The first kappa shape index (κ1) is 5.88.